The summed E-state index contributed by atoms with van der Waals surface area (Å²) in [4.78, 5) is 27.4. The number of thioether (sulfide) groups is 1. The lowest BCUT2D eigenvalue weighted by atomic mass is 10.1. The van der Waals surface area contributed by atoms with Gasteiger partial charge >= 0.3 is 0 Å². The van der Waals surface area contributed by atoms with Gasteiger partial charge in [0.25, 0.3) is 5.91 Å². The van der Waals surface area contributed by atoms with Crippen molar-refractivity contribution in [1.82, 2.24) is 4.90 Å². The summed E-state index contributed by atoms with van der Waals surface area (Å²) in [5.41, 5.74) is 0.964. The molecular weight excluding hydrogens is 416 g/mol. The number of amides is 2. The first-order valence-electron chi connectivity index (χ1n) is 8.73. The molecule has 9 heteroatoms. The van der Waals surface area contributed by atoms with E-state index in [0.29, 0.717) is 40.1 Å². The van der Waals surface area contributed by atoms with Crippen molar-refractivity contribution >= 4 is 40.9 Å². The van der Waals surface area contributed by atoms with Crippen LogP contribution in [-0.4, -0.2) is 55.7 Å². The number of anilines is 1. The number of hydrogen-bond acceptors (Lipinski definition) is 6. The molecule has 1 aliphatic rings. The fourth-order valence-electron chi connectivity index (χ4n) is 2.97. The fraction of sp³-hybridized carbons (Fsp3) is 0.300. The van der Waals surface area contributed by atoms with Crippen LogP contribution in [0.15, 0.2) is 36.4 Å². The second kappa shape index (κ2) is 9.28. The fourth-order valence-corrected chi connectivity index (χ4v) is 4.41. The first-order valence-corrected chi connectivity index (χ1v) is 10.3. The van der Waals surface area contributed by atoms with Crippen LogP contribution >= 0.6 is 23.4 Å². The molecule has 0 aromatic heterocycles. The maximum absolute atomic E-state index is 13.1. The third-order valence-corrected chi connectivity index (χ3v) is 5.78. The Hall–Kier alpha value is -2.58. The van der Waals surface area contributed by atoms with Gasteiger partial charge in [0.2, 0.25) is 5.91 Å². The van der Waals surface area contributed by atoms with Crippen molar-refractivity contribution in [3.8, 4) is 17.2 Å². The molecule has 1 N–H and O–H groups in total. The first-order chi connectivity index (χ1) is 14.0. The van der Waals surface area contributed by atoms with Crippen molar-refractivity contribution in [2.45, 2.75) is 6.04 Å². The van der Waals surface area contributed by atoms with E-state index < -0.39 is 6.04 Å². The summed E-state index contributed by atoms with van der Waals surface area (Å²) in [7, 11) is 4.52. The highest BCUT2D eigenvalue weighted by Gasteiger charge is 2.35. The number of rotatable bonds is 6. The van der Waals surface area contributed by atoms with E-state index >= 15 is 0 Å². The molecule has 7 nitrogen and oxygen atoms in total. The zero-order valence-electron chi connectivity index (χ0n) is 16.2. The Morgan fingerprint density at radius 3 is 2.45 bits per heavy atom. The van der Waals surface area contributed by atoms with Crippen molar-refractivity contribution in [2.75, 3.05) is 38.3 Å². The van der Waals surface area contributed by atoms with E-state index in [1.807, 2.05) is 0 Å². The van der Waals surface area contributed by atoms with Gasteiger partial charge in [-0.1, -0.05) is 11.6 Å². The Kier molecular flexibility index (Phi) is 6.76. The molecule has 0 aliphatic carbocycles. The number of nitrogens with one attached hydrogen (secondary N) is 1. The molecule has 154 valence electrons. The largest absolute Gasteiger partial charge is 0.497 e. The van der Waals surface area contributed by atoms with Crippen LogP contribution in [0.4, 0.5) is 5.69 Å². The normalized spacial score (nSPS) is 15.7. The summed E-state index contributed by atoms with van der Waals surface area (Å²) in [6.07, 6.45) is 0. The van der Waals surface area contributed by atoms with Crippen molar-refractivity contribution in [1.29, 1.82) is 0 Å². The van der Waals surface area contributed by atoms with Gasteiger partial charge in [0.05, 0.1) is 32.2 Å². The summed E-state index contributed by atoms with van der Waals surface area (Å²) in [6.45, 7) is 0. The van der Waals surface area contributed by atoms with E-state index in [9.17, 15) is 9.59 Å². The quantitative estimate of drug-likeness (QED) is 0.746. The van der Waals surface area contributed by atoms with Crippen LogP contribution in [-0.2, 0) is 4.79 Å². The molecule has 1 atom stereocenters. The minimum Gasteiger partial charge on any atom is -0.497 e. The van der Waals surface area contributed by atoms with Crippen LogP contribution < -0.4 is 19.5 Å². The minimum atomic E-state index is -0.596. The van der Waals surface area contributed by atoms with E-state index in [1.54, 1.807) is 37.4 Å². The highest BCUT2D eigenvalue weighted by molar-refractivity contribution is 7.99. The van der Waals surface area contributed by atoms with Gasteiger partial charge in [-0.25, -0.2) is 0 Å². The molecule has 0 saturated carbocycles. The zero-order valence-corrected chi connectivity index (χ0v) is 17.8. The van der Waals surface area contributed by atoms with Gasteiger partial charge in [-0.15, -0.1) is 11.8 Å². The highest BCUT2D eigenvalue weighted by atomic mass is 35.5. The maximum Gasteiger partial charge on any atom is 0.255 e. The molecule has 1 aliphatic heterocycles. The number of hydrogen-bond donors (Lipinski definition) is 1. The lowest BCUT2D eigenvalue weighted by molar-refractivity contribution is -0.119. The second-order valence-corrected chi connectivity index (χ2v) is 7.61. The molecule has 0 bridgehead atoms. The van der Waals surface area contributed by atoms with Gasteiger partial charge in [-0.05, 0) is 36.4 Å². The van der Waals surface area contributed by atoms with Gasteiger partial charge in [-0.2, -0.15) is 0 Å². The average molecular weight is 437 g/mol. The highest BCUT2D eigenvalue weighted by Crippen LogP contribution is 2.37. The van der Waals surface area contributed by atoms with Crippen LogP contribution in [0.1, 0.15) is 10.4 Å². The number of ether oxygens (including phenoxy) is 3. The average Bonchev–Trinajstić information content (AvgIpc) is 3.23. The minimum absolute atomic E-state index is 0.250. The Balaban J connectivity index is 1.78. The van der Waals surface area contributed by atoms with Gasteiger partial charge in [0.1, 0.15) is 11.8 Å². The van der Waals surface area contributed by atoms with Crippen molar-refractivity contribution in [2.24, 2.45) is 0 Å². The molecule has 1 saturated heterocycles. The second-order valence-electron chi connectivity index (χ2n) is 6.20. The van der Waals surface area contributed by atoms with Gasteiger partial charge in [0, 0.05) is 17.0 Å². The molecule has 2 aromatic rings. The van der Waals surface area contributed by atoms with E-state index in [0.717, 1.165) is 0 Å². The van der Waals surface area contributed by atoms with Gasteiger partial charge in [-0.3, -0.25) is 9.59 Å². The number of nitrogens with zero attached hydrogens (tertiary/aromatic N) is 1. The maximum atomic E-state index is 13.1. The van der Waals surface area contributed by atoms with E-state index in [-0.39, 0.29) is 16.8 Å². The van der Waals surface area contributed by atoms with Crippen molar-refractivity contribution in [3.63, 3.8) is 0 Å². The third-order valence-electron chi connectivity index (χ3n) is 4.48. The Bertz CT molecular complexity index is 906. The molecule has 1 fully saturated rings. The monoisotopic (exact) mass is 436 g/mol. The summed E-state index contributed by atoms with van der Waals surface area (Å²) in [5.74, 6) is 1.78. The topological polar surface area (TPSA) is 77.1 Å². The Morgan fingerprint density at radius 1 is 1.10 bits per heavy atom. The number of halogens is 1. The van der Waals surface area contributed by atoms with Gasteiger partial charge < -0.3 is 24.4 Å². The number of carbonyl (C=O) groups is 2. The standard InChI is InChI=1S/C20H21ClN2O5S/c1-26-14-6-4-13(5-7-14)22-19(24)16-10-29-11-23(16)20(25)12-8-15(21)18(28-3)17(9-12)27-2/h4-9,16H,10-11H2,1-3H3,(H,22,24). The van der Waals surface area contributed by atoms with Crippen LogP contribution in [0.3, 0.4) is 0 Å². The summed E-state index contributed by atoms with van der Waals surface area (Å²) >= 11 is 7.74. The molecule has 1 unspecified atom stereocenters. The number of methoxy groups -OCH3 is 3. The molecule has 2 amide bonds. The van der Waals surface area contributed by atoms with Crippen LogP contribution in [0.5, 0.6) is 17.2 Å². The smallest absolute Gasteiger partial charge is 0.255 e. The van der Waals surface area contributed by atoms with Crippen molar-refractivity contribution < 1.29 is 23.8 Å². The van der Waals surface area contributed by atoms with Crippen molar-refractivity contribution in [3.05, 3.63) is 47.0 Å². The van der Waals surface area contributed by atoms with Crippen LogP contribution in [0.25, 0.3) is 0 Å². The predicted molar refractivity (Wildman–Crippen MR) is 113 cm³/mol. The Morgan fingerprint density at radius 2 is 1.83 bits per heavy atom. The number of benzene rings is 2. The third kappa shape index (κ3) is 4.54. The molecule has 0 spiro atoms. The zero-order chi connectivity index (χ0) is 21.0. The molecule has 2 aromatic carbocycles. The predicted octanol–water partition coefficient (Wildman–Crippen LogP) is 3.52. The van der Waals surface area contributed by atoms with E-state index in [2.05, 4.69) is 5.32 Å². The summed E-state index contributed by atoms with van der Waals surface area (Å²) < 4.78 is 15.6. The van der Waals surface area contributed by atoms with Gasteiger partial charge in [0.15, 0.2) is 11.5 Å². The molecular formula is C20H21ClN2O5S. The SMILES string of the molecule is COc1ccc(NC(=O)C2CSCN2C(=O)c2cc(Cl)c(OC)c(OC)c2)cc1. The number of carbonyl (C=O) groups excluding carboxylic acids is 2. The first kappa shape index (κ1) is 21.1. The molecule has 1 heterocycles. The van der Waals surface area contributed by atoms with E-state index in [1.165, 1.54) is 36.9 Å². The van der Waals surface area contributed by atoms with Crippen LogP contribution in [0.2, 0.25) is 5.02 Å². The molecule has 3 rings (SSSR count). The molecule has 0 radical (unpaired) electrons. The molecule has 29 heavy (non-hydrogen) atoms. The lowest BCUT2D eigenvalue weighted by Gasteiger charge is -2.23. The summed E-state index contributed by atoms with van der Waals surface area (Å²) in [5, 5.41) is 3.12. The summed E-state index contributed by atoms with van der Waals surface area (Å²) in [6, 6.07) is 9.50. The van der Waals surface area contributed by atoms with Crippen LogP contribution in [0, 0.1) is 0 Å². The van der Waals surface area contributed by atoms with E-state index in [4.69, 9.17) is 25.8 Å². The lowest BCUT2D eigenvalue weighted by Crippen LogP contribution is -2.44. The Labute approximate surface area is 178 Å².